The number of aliphatic hydroxyl groups excluding tert-OH is 1. The minimum Gasteiger partial charge on any atom is -0.387 e. The number of nitrogens with one attached hydrogen (secondary N) is 1. The van der Waals surface area contributed by atoms with Gasteiger partial charge in [0.15, 0.2) is 0 Å². The zero-order valence-corrected chi connectivity index (χ0v) is 12.0. The molecule has 0 heterocycles. The lowest BCUT2D eigenvalue weighted by Crippen LogP contribution is -2.21. The highest BCUT2D eigenvalue weighted by molar-refractivity contribution is 6.30. The molecule has 0 aromatic heterocycles. The Balaban J connectivity index is 1.96. The summed E-state index contributed by atoms with van der Waals surface area (Å²) < 4.78 is 0. The first-order valence-corrected chi connectivity index (χ1v) is 6.82. The normalized spacial score (nSPS) is 12.1. The molecule has 0 aliphatic carbocycles. The number of hydrogen-bond donors (Lipinski definition) is 2. The molecule has 2 aromatic carbocycles. The first-order valence-electron chi connectivity index (χ1n) is 6.44. The van der Waals surface area contributed by atoms with Crippen LogP contribution >= 0.6 is 11.6 Å². The van der Waals surface area contributed by atoms with Crippen molar-refractivity contribution >= 4 is 17.3 Å². The van der Waals surface area contributed by atoms with Gasteiger partial charge >= 0.3 is 0 Å². The molecule has 1 atom stereocenters. The molecule has 2 aromatic rings. The van der Waals surface area contributed by atoms with E-state index in [4.69, 9.17) is 11.6 Å². The molecule has 2 rings (SSSR count). The largest absolute Gasteiger partial charge is 0.387 e. The van der Waals surface area contributed by atoms with Gasteiger partial charge < -0.3 is 10.4 Å². The summed E-state index contributed by atoms with van der Waals surface area (Å²) in [5, 5.41) is 24.3. The Labute approximate surface area is 127 Å². The average Bonchev–Trinajstić information content (AvgIpc) is 2.49. The van der Waals surface area contributed by atoms with Crippen molar-refractivity contribution in [3.05, 3.63) is 74.8 Å². The van der Waals surface area contributed by atoms with E-state index in [2.05, 4.69) is 5.32 Å². The maximum absolute atomic E-state index is 11.0. The zero-order chi connectivity index (χ0) is 15.2. The number of nitro benzene ring substituents is 1. The quantitative estimate of drug-likeness (QED) is 0.635. The van der Waals surface area contributed by atoms with Crippen molar-refractivity contribution in [3.63, 3.8) is 0 Å². The third kappa shape index (κ3) is 4.26. The van der Waals surface area contributed by atoms with Gasteiger partial charge in [-0.2, -0.15) is 0 Å². The fourth-order valence-electron chi connectivity index (χ4n) is 1.99. The van der Waals surface area contributed by atoms with E-state index in [1.165, 1.54) is 6.07 Å². The third-order valence-corrected chi connectivity index (χ3v) is 3.32. The smallest absolute Gasteiger partial charge is 0.275 e. The molecule has 21 heavy (non-hydrogen) atoms. The Morgan fingerprint density at radius 2 is 1.95 bits per heavy atom. The van der Waals surface area contributed by atoms with Gasteiger partial charge in [0.2, 0.25) is 0 Å². The predicted molar refractivity (Wildman–Crippen MR) is 81.2 cm³/mol. The van der Waals surface area contributed by atoms with Gasteiger partial charge in [0.25, 0.3) is 5.69 Å². The van der Waals surface area contributed by atoms with Crippen LogP contribution in [0.15, 0.2) is 48.5 Å². The zero-order valence-electron chi connectivity index (χ0n) is 11.2. The summed E-state index contributed by atoms with van der Waals surface area (Å²) in [4.78, 5) is 10.5. The van der Waals surface area contributed by atoms with Crippen molar-refractivity contribution in [2.24, 2.45) is 0 Å². The summed E-state index contributed by atoms with van der Waals surface area (Å²) in [5.41, 5.74) is 1.31. The molecule has 0 saturated heterocycles. The summed E-state index contributed by atoms with van der Waals surface area (Å²) in [6.45, 7) is 0.598. The minimum absolute atomic E-state index is 0.0239. The van der Waals surface area contributed by atoms with Gasteiger partial charge in [0.05, 0.1) is 11.0 Å². The molecule has 1 unspecified atom stereocenters. The van der Waals surface area contributed by atoms with E-state index in [9.17, 15) is 15.2 Å². The molecule has 0 radical (unpaired) electrons. The molecule has 0 aliphatic rings. The SMILES string of the molecule is O=[N+]([O-])c1cc(Cl)ccc1CNCC(O)c1ccccc1. The van der Waals surface area contributed by atoms with Crippen LogP contribution in [0.25, 0.3) is 0 Å². The van der Waals surface area contributed by atoms with Crippen LogP contribution in [0.2, 0.25) is 5.02 Å². The molecule has 5 nitrogen and oxygen atoms in total. The van der Waals surface area contributed by atoms with Crippen LogP contribution in [0.1, 0.15) is 17.2 Å². The van der Waals surface area contributed by atoms with Gasteiger partial charge in [-0.15, -0.1) is 0 Å². The van der Waals surface area contributed by atoms with E-state index < -0.39 is 11.0 Å². The average molecular weight is 307 g/mol. The summed E-state index contributed by atoms with van der Waals surface area (Å²) in [7, 11) is 0. The van der Waals surface area contributed by atoms with Crippen molar-refractivity contribution in [1.29, 1.82) is 0 Å². The van der Waals surface area contributed by atoms with Crippen LogP contribution in [0.3, 0.4) is 0 Å². The molecule has 0 spiro atoms. The Morgan fingerprint density at radius 3 is 2.62 bits per heavy atom. The molecular formula is C15H15ClN2O3. The van der Waals surface area contributed by atoms with Crippen LogP contribution in [-0.2, 0) is 6.54 Å². The third-order valence-electron chi connectivity index (χ3n) is 3.08. The highest BCUT2D eigenvalue weighted by Gasteiger charge is 2.14. The lowest BCUT2D eigenvalue weighted by Gasteiger charge is -2.12. The molecule has 0 fully saturated rings. The van der Waals surface area contributed by atoms with Gasteiger partial charge in [-0.25, -0.2) is 0 Å². The van der Waals surface area contributed by atoms with Gasteiger partial charge in [0.1, 0.15) is 0 Å². The highest BCUT2D eigenvalue weighted by atomic mass is 35.5. The molecule has 0 aliphatic heterocycles. The molecule has 0 amide bonds. The molecule has 0 saturated carbocycles. The molecule has 0 bridgehead atoms. The number of halogens is 1. The lowest BCUT2D eigenvalue weighted by molar-refractivity contribution is -0.385. The first-order chi connectivity index (χ1) is 10.1. The summed E-state index contributed by atoms with van der Waals surface area (Å²) in [6.07, 6.45) is -0.655. The molecule has 110 valence electrons. The van der Waals surface area contributed by atoms with Crippen molar-refractivity contribution in [2.45, 2.75) is 12.6 Å². The molecular weight excluding hydrogens is 292 g/mol. The van der Waals surface area contributed by atoms with Crippen LogP contribution in [0.4, 0.5) is 5.69 Å². The monoisotopic (exact) mass is 306 g/mol. The standard InChI is InChI=1S/C15H15ClN2O3/c16-13-7-6-12(14(8-13)18(20)21)9-17-10-15(19)11-4-2-1-3-5-11/h1-8,15,17,19H,9-10H2. The second kappa shape index (κ2) is 7.17. The van der Waals surface area contributed by atoms with Gasteiger partial charge in [0, 0.05) is 29.7 Å². The second-order valence-corrected chi connectivity index (χ2v) is 5.02. The minimum atomic E-state index is -0.655. The van der Waals surface area contributed by atoms with E-state index in [1.807, 2.05) is 30.3 Å². The second-order valence-electron chi connectivity index (χ2n) is 4.59. The maximum atomic E-state index is 11.0. The van der Waals surface area contributed by atoms with Crippen LogP contribution in [-0.4, -0.2) is 16.6 Å². The number of nitrogens with zero attached hydrogens (tertiary/aromatic N) is 1. The Bertz CT molecular complexity index is 620. The Kier molecular flexibility index (Phi) is 5.27. The number of hydrogen-bond acceptors (Lipinski definition) is 4. The van der Waals surface area contributed by atoms with Crippen LogP contribution in [0, 0.1) is 10.1 Å². The van der Waals surface area contributed by atoms with Crippen molar-refractivity contribution in [3.8, 4) is 0 Å². The van der Waals surface area contributed by atoms with E-state index in [1.54, 1.807) is 12.1 Å². The van der Waals surface area contributed by atoms with Crippen LogP contribution in [0.5, 0.6) is 0 Å². The van der Waals surface area contributed by atoms with Crippen molar-refractivity contribution in [1.82, 2.24) is 5.32 Å². The summed E-state index contributed by atoms with van der Waals surface area (Å²) in [5.74, 6) is 0. The van der Waals surface area contributed by atoms with Crippen LogP contribution < -0.4 is 5.32 Å². The highest BCUT2D eigenvalue weighted by Crippen LogP contribution is 2.23. The number of nitro groups is 1. The number of benzene rings is 2. The lowest BCUT2D eigenvalue weighted by atomic mass is 10.1. The van der Waals surface area contributed by atoms with E-state index >= 15 is 0 Å². The van der Waals surface area contributed by atoms with E-state index in [0.29, 0.717) is 17.1 Å². The number of rotatable bonds is 6. The Morgan fingerprint density at radius 1 is 1.24 bits per heavy atom. The first kappa shape index (κ1) is 15.4. The fourth-order valence-corrected chi connectivity index (χ4v) is 2.16. The predicted octanol–water partition coefficient (Wildman–Crippen LogP) is 3.07. The van der Waals surface area contributed by atoms with E-state index in [0.717, 1.165) is 5.56 Å². The number of aliphatic hydroxyl groups is 1. The van der Waals surface area contributed by atoms with Gasteiger partial charge in [-0.05, 0) is 17.7 Å². The van der Waals surface area contributed by atoms with Gasteiger partial charge in [-0.1, -0.05) is 41.9 Å². The van der Waals surface area contributed by atoms with Gasteiger partial charge in [-0.3, -0.25) is 10.1 Å². The fraction of sp³-hybridized carbons (Fsp3) is 0.200. The van der Waals surface area contributed by atoms with Crippen molar-refractivity contribution < 1.29 is 10.0 Å². The topological polar surface area (TPSA) is 75.4 Å². The molecule has 6 heteroatoms. The van der Waals surface area contributed by atoms with Crippen molar-refractivity contribution in [2.75, 3.05) is 6.54 Å². The molecule has 2 N–H and O–H groups in total. The maximum Gasteiger partial charge on any atom is 0.275 e. The summed E-state index contributed by atoms with van der Waals surface area (Å²) in [6, 6.07) is 13.8. The summed E-state index contributed by atoms with van der Waals surface area (Å²) >= 11 is 5.76. The van der Waals surface area contributed by atoms with E-state index in [-0.39, 0.29) is 12.2 Å². The Hall–Kier alpha value is -1.95.